The Labute approximate surface area is 185 Å². The van der Waals surface area contributed by atoms with Crippen LogP contribution >= 0.6 is 8.25 Å². The molecule has 0 amide bonds. The lowest BCUT2D eigenvalue weighted by Crippen LogP contribution is -2.13. The molecule has 0 spiro atoms. The molecule has 0 atom stereocenters. The third-order valence-electron chi connectivity index (χ3n) is 4.08. The largest absolute Gasteiger partial charge is 0.702 e. The molecule has 176 valence electrons. The van der Waals surface area contributed by atoms with Crippen LogP contribution < -0.4 is 0 Å². The summed E-state index contributed by atoms with van der Waals surface area (Å²) in [7, 11) is -12.2. The highest BCUT2D eigenvalue weighted by Gasteiger charge is 2.29. The van der Waals surface area contributed by atoms with Gasteiger partial charge in [0.25, 0.3) is 0 Å². The van der Waals surface area contributed by atoms with Gasteiger partial charge in [0.15, 0.2) is 0 Å². The quantitative estimate of drug-likeness (QED) is 0.237. The smallest absolute Gasteiger partial charge is 0.232 e. The summed E-state index contributed by atoms with van der Waals surface area (Å²) in [5, 5.41) is 0. The first-order valence-electron chi connectivity index (χ1n) is 9.10. The minimum absolute atomic E-state index is 0.170. The number of rotatable bonds is 12. The normalized spacial score (nSPS) is 12.1. The van der Waals surface area contributed by atoms with E-state index in [4.69, 9.17) is 0 Å². The number of hydrogen-bond acceptors (Lipinski definition) is 9. The molecular weight excluding hydrogens is 493 g/mol. The predicted octanol–water partition coefficient (Wildman–Crippen LogP) is 3.81. The summed E-state index contributed by atoms with van der Waals surface area (Å²) in [5.74, 6) is -2.05. The summed E-state index contributed by atoms with van der Waals surface area (Å²) in [6.45, 7) is 1.03. The predicted molar refractivity (Wildman–Crippen MR) is 108 cm³/mol. The van der Waals surface area contributed by atoms with Crippen molar-refractivity contribution in [2.75, 3.05) is 13.6 Å². The molecule has 0 radical (unpaired) electrons. The molecule has 0 fully saturated rings. The first-order chi connectivity index (χ1) is 15.0. The van der Waals surface area contributed by atoms with Gasteiger partial charge in [-0.15, -0.1) is 0 Å². The van der Waals surface area contributed by atoms with Gasteiger partial charge in [-0.3, -0.25) is 0 Å². The topological polar surface area (TPSA) is 122 Å². The number of hydrogen-bond donors (Lipinski definition) is 0. The Bertz CT molecular complexity index is 1090. The van der Waals surface area contributed by atoms with Gasteiger partial charge in [0.1, 0.15) is 21.4 Å². The van der Waals surface area contributed by atoms with Gasteiger partial charge in [-0.1, -0.05) is 47.2 Å². The molecule has 2 aromatic rings. The van der Waals surface area contributed by atoms with Crippen LogP contribution in [0.2, 0.25) is 0 Å². The minimum atomic E-state index is -4.57. The van der Waals surface area contributed by atoms with E-state index in [1.165, 1.54) is 24.3 Å². The van der Waals surface area contributed by atoms with E-state index in [2.05, 4.69) is 17.4 Å². The molecule has 0 unspecified atom stereocenters. The lowest BCUT2D eigenvalue weighted by atomic mass is 10.2. The highest BCUT2D eigenvalue weighted by atomic mass is 32.2. The van der Waals surface area contributed by atoms with Crippen LogP contribution in [0.3, 0.4) is 0 Å². The summed E-state index contributed by atoms with van der Waals surface area (Å²) in [4.78, 5) is -1.35. The van der Waals surface area contributed by atoms with E-state index in [9.17, 15) is 30.2 Å². The molecule has 2 aromatic carbocycles. The second-order valence-electron chi connectivity index (χ2n) is 6.02. The Hall–Kier alpha value is -1.86. The molecule has 0 aliphatic heterocycles. The highest BCUT2D eigenvalue weighted by molar-refractivity contribution is 7.87. The fraction of sp³-hybridized carbons (Fsp3) is 0.333. The van der Waals surface area contributed by atoms with Crippen LogP contribution in [0.5, 0.6) is 0 Å². The number of benzene rings is 2. The number of halogens is 2. The molecule has 0 bridgehead atoms. The van der Waals surface area contributed by atoms with Crippen molar-refractivity contribution in [2.24, 2.45) is 0 Å². The third kappa shape index (κ3) is 6.58. The van der Waals surface area contributed by atoms with Crippen molar-refractivity contribution < 1.29 is 47.6 Å². The third-order valence-corrected chi connectivity index (χ3v) is 7.44. The van der Waals surface area contributed by atoms with Crippen molar-refractivity contribution in [3.63, 3.8) is 0 Å². The van der Waals surface area contributed by atoms with Gasteiger partial charge in [0.2, 0.25) is 13.6 Å². The Morgan fingerprint density at radius 2 is 1.12 bits per heavy atom. The Balaban J connectivity index is 1.91. The van der Waals surface area contributed by atoms with E-state index in [1.807, 2.05) is 0 Å². The average molecular weight is 513 g/mol. The molecule has 2 rings (SSSR count). The maximum Gasteiger partial charge on any atom is 0.702 e. The first-order valence-corrected chi connectivity index (χ1v) is 13.0. The summed E-state index contributed by atoms with van der Waals surface area (Å²) >= 11 is 0. The number of aryl methyl sites for hydroxylation is 2. The van der Waals surface area contributed by atoms with Gasteiger partial charge < -0.3 is 0 Å². The van der Waals surface area contributed by atoms with Crippen LogP contribution in [0, 0.1) is 11.6 Å². The molecule has 9 nitrogen and oxygen atoms in total. The van der Waals surface area contributed by atoms with Crippen LogP contribution in [0.15, 0.2) is 46.2 Å². The SMILES string of the molecule is CCc1cccc(F)c1S(=O)(=O)OCO[P+](=O)OCOS(=O)(=O)c1c(F)cccc1CC. The van der Waals surface area contributed by atoms with Gasteiger partial charge in [0.05, 0.1) is 0 Å². The van der Waals surface area contributed by atoms with E-state index < -0.39 is 63.5 Å². The fourth-order valence-electron chi connectivity index (χ4n) is 2.63. The van der Waals surface area contributed by atoms with Crippen LogP contribution in [0.1, 0.15) is 25.0 Å². The lowest BCUT2D eigenvalue weighted by Gasteiger charge is -2.09. The molecule has 0 aliphatic rings. The van der Waals surface area contributed by atoms with Crippen molar-refractivity contribution in [3.05, 3.63) is 59.2 Å². The zero-order valence-electron chi connectivity index (χ0n) is 17.0. The van der Waals surface area contributed by atoms with Gasteiger partial charge in [-0.25, -0.2) is 17.1 Å². The van der Waals surface area contributed by atoms with Gasteiger partial charge in [-0.2, -0.15) is 16.8 Å². The maximum absolute atomic E-state index is 13.9. The van der Waals surface area contributed by atoms with Crippen LogP contribution in [-0.2, 0) is 55.1 Å². The maximum atomic E-state index is 13.9. The van der Waals surface area contributed by atoms with Crippen molar-refractivity contribution in [1.29, 1.82) is 0 Å². The summed E-state index contributed by atoms with van der Waals surface area (Å²) in [6, 6.07) is 7.37. The zero-order chi connectivity index (χ0) is 23.9. The van der Waals surface area contributed by atoms with Crippen molar-refractivity contribution in [3.8, 4) is 0 Å². The second kappa shape index (κ2) is 11.3. The molecule has 14 heteroatoms. The summed E-state index contributed by atoms with van der Waals surface area (Å²) < 4.78 is 106. The molecule has 0 N–H and O–H groups in total. The van der Waals surface area contributed by atoms with E-state index in [1.54, 1.807) is 13.8 Å². The molecule has 32 heavy (non-hydrogen) atoms. The zero-order valence-corrected chi connectivity index (χ0v) is 19.5. The van der Waals surface area contributed by atoms with Crippen molar-refractivity contribution >= 4 is 28.5 Å². The molecular formula is C18H20F2O9PS2+. The Morgan fingerprint density at radius 1 is 0.750 bits per heavy atom. The Kier molecular flexibility index (Phi) is 9.34. The van der Waals surface area contributed by atoms with E-state index in [-0.39, 0.29) is 24.0 Å². The first kappa shape index (κ1) is 26.4. The molecule has 0 aromatic heterocycles. The van der Waals surface area contributed by atoms with Crippen molar-refractivity contribution in [1.82, 2.24) is 0 Å². The summed E-state index contributed by atoms with van der Waals surface area (Å²) in [5.41, 5.74) is 0.340. The molecule has 0 aliphatic carbocycles. The van der Waals surface area contributed by atoms with Crippen molar-refractivity contribution in [2.45, 2.75) is 36.5 Å². The monoisotopic (exact) mass is 513 g/mol. The van der Waals surface area contributed by atoms with Gasteiger partial charge in [0, 0.05) is 4.57 Å². The molecule has 0 heterocycles. The highest BCUT2D eigenvalue weighted by Crippen LogP contribution is 2.28. The van der Waals surface area contributed by atoms with Crippen LogP contribution in [-0.4, -0.2) is 30.4 Å². The van der Waals surface area contributed by atoms with Crippen LogP contribution in [0.25, 0.3) is 0 Å². The lowest BCUT2D eigenvalue weighted by molar-refractivity contribution is 0.0751. The molecule has 0 saturated heterocycles. The van der Waals surface area contributed by atoms with Crippen LogP contribution in [0.4, 0.5) is 8.78 Å². The van der Waals surface area contributed by atoms with E-state index in [0.29, 0.717) is 0 Å². The standard InChI is InChI=1S/C18H20F2O9PS2/c1-3-13-7-5-9-15(19)17(13)31(22,23)28-11-26-30(21)27-12-29-32(24,25)18-14(4-2)8-6-10-16(18)20/h5-10H,3-4,11-12H2,1-2H3/q+1. The summed E-state index contributed by atoms with van der Waals surface area (Å²) in [6.07, 6.45) is 0.420. The van der Waals surface area contributed by atoms with Gasteiger partial charge in [-0.05, 0) is 36.1 Å². The average Bonchev–Trinajstić information content (AvgIpc) is 2.72. The van der Waals surface area contributed by atoms with E-state index in [0.717, 1.165) is 12.1 Å². The fourth-order valence-corrected chi connectivity index (χ4v) is 5.40. The van der Waals surface area contributed by atoms with E-state index >= 15 is 0 Å². The molecule has 0 saturated carbocycles. The Morgan fingerprint density at radius 3 is 1.47 bits per heavy atom. The second-order valence-corrected chi connectivity index (χ2v) is 10.1. The minimum Gasteiger partial charge on any atom is -0.232 e. The van der Waals surface area contributed by atoms with Gasteiger partial charge >= 0.3 is 28.5 Å².